The Hall–Kier alpha value is -3.11. The number of anilines is 1. The number of hydrogen-bond acceptors (Lipinski definition) is 2. The number of benzene rings is 3. The van der Waals surface area contributed by atoms with Crippen LogP contribution in [-0.2, 0) is 16.6 Å². The number of nitrogens with zero attached hydrogens (tertiary/aromatic N) is 1. The summed E-state index contributed by atoms with van der Waals surface area (Å²) in [7, 11) is 0. The predicted molar refractivity (Wildman–Crippen MR) is 148 cm³/mol. The second-order valence-corrected chi connectivity index (χ2v) is 10.1. The lowest BCUT2D eigenvalue weighted by Crippen LogP contribution is -2.46. The molecule has 3 nitrogen and oxygen atoms in total. The normalized spacial score (nSPS) is 16.1. The molecule has 1 spiro atoms. The van der Waals surface area contributed by atoms with Crippen molar-refractivity contribution in [2.45, 2.75) is 45.4 Å². The molecule has 3 aromatic rings. The Labute approximate surface area is 219 Å². The number of halogens is 2. The first-order chi connectivity index (χ1) is 17.4. The number of carbonyl (C=O) groups excluding carboxylic acids is 1. The lowest BCUT2D eigenvalue weighted by Gasteiger charge is -2.39. The van der Waals surface area contributed by atoms with E-state index in [0.717, 1.165) is 61.2 Å². The molecule has 2 aliphatic rings. The van der Waals surface area contributed by atoms with E-state index in [0.29, 0.717) is 5.02 Å². The molecule has 0 bridgehead atoms. The molecule has 1 amide bonds. The lowest BCUT2D eigenvalue weighted by atomic mass is 9.74. The van der Waals surface area contributed by atoms with E-state index < -0.39 is 0 Å². The highest BCUT2D eigenvalue weighted by Crippen LogP contribution is 2.44. The minimum Gasteiger partial charge on any atom is -0.384 e. The third kappa shape index (κ3) is 5.49. The first-order valence-corrected chi connectivity index (χ1v) is 13.0. The van der Waals surface area contributed by atoms with Gasteiger partial charge in [-0.25, -0.2) is 4.39 Å². The minimum absolute atomic E-state index is 0.122. The van der Waals surface area contributed by atoms with E-state index >= 15 is 0 Å². The molecule has 36 heavy (non-hydrogen) atoms. The smallest absolute Gasteiger partial charge is 0.254 e. The molecule has 2 heterocycles. The van der Waals surface area contributed by atoms with Gasteiger partial charge >= 0.3 is 0 Å². The number of aryl methyl sites for hydroxylation is 2. The lowest BCUT2D eigenvalue weighted by molar-refractivity contribution is -0.126. The van der Waals surface area contributed by atoms with Crippen LogP contribution >= 0.6 is 11.6 Å². The zero-order chi connectivity index (χ0) is 25.7. The van der Waals surface area contributed by atoms with E-state index in [-0.39, 0.29) is 17.1 Å². The highest BCUT2D eigenvalue weighted by atomic mass is 35.5. The number of nitrogens with one attached hydrogen (secondary N) is 1. The van der Waals surface area contributed by atoms with Crippen LogP contribution in [0.25, 0.3) is 5.57 Å². The standard InChI is InChI=1S/C23H25ClN2O.C8H9F/c1-3-18(19-9-8-17(24)14-16(19)2)22(27)26-12-10-23(11-13-26)15-25-21-7-5-4-6-20(21)23;1-2-7-4-3-5-8(9)6-7/h3-9,14,25H,10-13,15H2,1-2H3;3-6H,2H2,1H3/b18-3+;. The molecule has 0 radical (unpaired) electrons. The third-order valence-electron chi connectivity index (χ3n) is 7.42. The number of rotatable bonds is 3. The van der Waals surface area contributed by atoms with E-state index in [4.69, 9.17) is 11.6 Å². The Morgan fingerprint density at radius 3 is 2.47 bits per heavy atom. The van der Waals surface area contributed by atoms with Crippen molar-refractivity contribution >= 4 is 28.8 Å². The first kappa shape index (κ1) is 26.0. The average molecular weight is 505 g/mol. The quantitative estimate of drug-likeness (QED) is 0.376. The molecule has 3 aromatic carbocycles. The molecule has 5 rings (SSSR count). The van der Waals surface area contributed by atoms with Gasteiger partial charge in [0.15, 0.2) is 0 Å². The summed E-state index contributed by atoms with van der Waals surface area (Å²) in [5.74, 6) is -0.0219. The maximum Gasteiger partial charge on any atom is 0.254 e. The number of para-hydroxylation sites is 1. The van der Waals surface area contributed by atoms with Gasteiger partial charge in [0.1, 0.15) is 5.82 Å². The van der Waals surface area contributed by atoms with E-state index in [2.05, 4.69) is 29.6 Å². The Balaban J connectivity index is 0.000000286. The van der Waals surface area contributed by atoms with Crippen molar-refractivity contribution in [3.63, 3.8) is 0 Å². The van der Waals surface area contributed by atoms with Gasteiger partial charge in [-0.3, -0.25) is 4.79 Å². The van der Waals surface area contributed by atoms with Gasteiger partial charge in [0.25, 0.3) is 5.91 Å². The minimum atomic E-state index is -0.144. The van der Waals surface area contributed by atoms with Crippen molar-refractivity contribution in [3.05, 3.63) is 106 Å². The second-order valence-electron chi connectivity index (χ2n) is 9.62. The van der Waals surface area contributed by atoms with Crippen LogP contribution in [0.1, 0.15) is 48.9 Å². The van der Waals surface area contributed by atoms with Crippen LogP contribution in [0.5, 0.6) is 0 Å². The molecule has 1 saturated heterocycles. The zero-order valence-electron chi connectivity index (χ0n) is 21.3. The molecule has 0 aliphatic carbocycles. The van der Waals surface area contributed by atoms with Gasteiger partial charge in [0.05, 0.1) is 0 Å². The van der Waals surface area contributed by atoms with Crippen LogP contribution in [0, 0.1) is 12.7 Å². The summed E-state index contributed by atoms with van der Waals surface area (Å²) in [6.07, 6.45) is 4.83. The van der Waals surface area contributed by atoms with Gasteiger partial charge in [-0.2, -0.15) is 0 Å². The molecule has 0 saturated carbocycles. The number of allylic oxidation sites excluding steroid dienone is 1. The maximum atomic E-state index is 13.2. The first-order valence-electron chi connectivity index (χ1n) is 12.7. The van der Waals surface area contributed by atoms with Gasteiger partial charge in [-0.15, -0.1) is 0 Å². The zero-order valence-corrected chi connectivity index (χ0v) is 22.0. The summed E-state index contributed by atoms with van der Waals surface area (Å²) in [4.78, 5) is 15.2. The molecule has 0 unspecified atom stereocenters. The van der Waals surface area contributed by atoms with Crippen LogP contribution < -0.4 is 5.32 Å². The maximum absolute atomic E-state index is 13.2. The van der Waals surface area contributed by atoms with E-state index in [1.807, 2.05) is 56.0 Å². The van der Waals surface area contributed by atoms with Crippen molar-refractivity contribution in [2.24, 2.45) is 0 Å². The highest BCUT2D eigenvalue weighted by Gasteiger charge is 2.42. The van der Waals surface area contributed by atoms with Crippen LogP contribution in [0.4, 0.5) is 10.1 Å². The molecule has 1 N–H and O–H groups in total. The van der Waals surface area contributed by atoms with Crippen LogP contribution in [0.2, 0.25) is 5.02 Å². The molecular weight excluding hydrogens is 471 g/mol. The molecule has 0 atom stereocenters. The Morgan fingerprint density at radius 1 is 1.08 bits per heavy atom. The summed E-state index contributed by atoms with van der Waals surface area (Å²) in [5.41, 5.74) is 6.66. The van der Waals surface area contributed by atoms with Crippen LogP contribution in [0.15, 0.2) is 72.8 Å². The van der Waals surface area contributed by atoms with Gasteiger partial charge in [0.2, 0.25) is 0 Å². The number of hydrogen-bond donors (Lipinski definition) is 1. The van der Waals surface area contributed by atoms with Crippen molar-refractivity contribution in [3.8, 4) is 0 Å². The molecule has 5 heteroatoms. The Bertz CT molecular complexity index is 1260. The van der Waals surface area contributed by atoms with Crippen molar-refractivity contribution in [1.82, 2.24) is 4.90 Å². The highest BCUT2D eigenvalue weighted by molar-refractivity contribution is 6.30. The van der Waals surface area contributed by atoms with E-state index in [9.17, 15) is 9.18 Å². The van der Waals surface area contributed by atoms with Crippen molar-refractivity contribution in [1.29, 1.82) is 0 Å². The third-order valence-corrected chi connectivity index (χ3v) is 7.65. The summed E-state index contributed by atoms with van der Waals surface area (Å²) in [6.45, 7) is 8.50. The monoisotopic (exact) mass is 504 g/mol. The fourth-order valence-corrected chi connectivity index (χ4v) is 5.52. The van der Waals surface area contributed by atoms with Crippen LogP contribution in [0.3, 0.4) is 0 Å². The SMILES string of the molecule is C/C=C(/C(=O)N1CCC2(CC1)CNc1ccccc12)c1ccc(Cl)cc1C.CCc1cccc(F)c1. The fourth-order valence-electron chi connectivity index (χ4n) is 5.29. The Morgan fingerprint density at radius 2 is 1.83 bits per heavy atom. The summed E-state index contributed by atoms with van der Waals surface area (Å²) >= 11 is 6.08. The number of piperidine rings is 1. The molecule has 1 fully saturated rings. The number of amides is 1. The van der Waals surface area contributed by atoms with Gasteiger partial charge in [-0.05, 0) is 85.7 Å². The van der Waals surface area contributed by atoms with Gasteiger partial charge in [-0.1, -0.05) is 61.0 Å². The largest absolute Gasteiger partial charge is 0.384 e. The van der Waals surface area contributed by atoms with Crippen molar-refractivity contribution in [2.75, 3.05) is 25.0 Å². The number of likely N-dealkylation sites (tertiary alicyclic amines) is 1. The van der Waals surface area contributed by atoms with Crippen LogP contribution in [-0.4, -0.2) is 30.4 Å². The molecule has 0 aromatic heterocycles. The van der Waals surface area contributed by atoms with Crippen molar-refractivity contribution < 1.29 is 9.18 Å². The predicted octanol–water partition coefficient (Wildman–Crippen LogP) is 7.43. The Kier molecular flexibility index (Phi) is 8.15. The molecule has 188 valence electrons. The summed E-state index contributed by atoms with van der Waals surface area (Å²) < 4.78 is 12.4. The summed E-state index contributed by atoms with van der Waals surface area (Å²) in [5, 5.41) is 4.25. The summed E-state index contributed by atoms with van der Waals surface area (Å²) in [6, 6.07) is 21.0. The topological polar surface area (TPSA) is 32.3 Å². The van der Waals surface area contributed by atoms with E-state index in [1.54, 1.807) is 12.1 Å². The van der Waals surface area contributed by atoms with Gasteiger partial charge in [0, 0.05) is 41.3 Å². The van der Waals surface area contributed by atoms with E-state index in [1.165, 1.54) is 17.3 Å². The molecule has 2 aliphatic heterocycles. The molecular formula is C31H34ClFN2O. The van der Waals surface area contributed by atoms with Gasteiger partial charge < -0.3 is 10.2 Å². The second kappa shape index (κ2) is 11.3. The fraction of sp³-hybridized carbons (Fsp3) is 0.323. The number of fused-ring (bicyclic) bond motifs is 2. The average Bonchev–Trinajstić information content (AvgIpc) is 3.24. The number of carbonyl (C=O) groups is 1.